The van der Waals surface area contributed by atoms with Crippen molar-refractivity contribution in [1.82, 2.24) is 0 Å². The maximum Gasteiger partial charge on any atom is 0.335 e. The van der Waals surface area contributed by atoms with Crippen LogP contribution in [0.15, 0.2) is 35.2 Å². The van der Waals surface area contributed by atoms with E-state index in [-0.39, 0.29) is 28.0 Å². The highest BCUT2D eigenvalue weighted by molar-refractivity contribution is 7.90. The lowest BCUT2D eigenvalue weighted by Gasteiger charge is -2.12. The van der Waals surface area contributed by atoms with Crippen LogP contribution in [0.25, 0.3) is 0 Å². The van der Waals surface area contributed by atoms with Crippen LogP contribution >= 0.6 is 0 Å². The zero-order valence-electron chi connectivity index (χ0n) is 11.4. The van der Waals surface area contributed by atoms with Gasteiger partial charge in [-0.15, -0.1) is 0 Å². The Kier molecular flexibility index (Phi) is 4.13. The van der Waals surface area contributed by atoms with Crippen molar-refractivity contribution in [2.45, 2.75) is 17.7 Å². The molecule has 0 saturated carbocycles. The maximum atomic E-state index is 12.0. The fourth-order valence-electron chi connectivity index (χ4n) is 2.08. The molecule has 7 heteroatoms. The summed E-state index contributed by atoms with van der Waals surface area (Å²) in [5, 5.41) is 11.6. The fourth-order valence-corrected chi connectivity index (χ4v) is 2.77. The molecule has 0 saturated heterocycles. The second kappa shape index (κ2) is 5.69. The first-order valence-electron chi connectivity index (χ1n) is 6.31. The first kappa shape index (κ1) is 15.2. The monoisotopic (exact) mass is 309 g/mol. The first-order valence-corrected chi connectivity index (χ1v) is 8.21. The third kappa shape index (κ3) is 3.69. The van der Waals surface area contributed by atoms with E-state index < -0.39 is 15.8 Å². The van der Waals surface area contributed by atoms with Gasteiger partial charge in [0.15, 0.2) is 9.84 Å². The number of carbonyl (C=O) groups is 2. The second-order valence-corrected chi connectivity index (χ2v) is 6.97. The summed E-state index contributed by atoms with van der Waals surface area (Å²) in [4.78, 5) is 22.9. The Morgan fingerprint density at radius 2 is 1.81 bits per heavy atom. The minimum absolute atomic E-state index is 0.137. The molecule has 112 valence electrons. The van der Waals surface area contributed by atoms with Crippen molar-refractivity contribution >= 4 is 27.4 Å². The van der Waals surface area contributed by atoms with Gasteiger partial charge in [-0.05, 0) is 31.0 Å². The molecule has 2 N–H and O–H groups in total. The van der Waals surface area contributed by atoms with E-state index in [2.05, 4.69) is 5.32 Å². The summed E-state index contributed by atoms with van der Waals surface area (Å²) in [6.45, 7) is 0. The summed E-state index contributed by atoms with van der Waals surface area (Å²) < 4.78 is 23.2. The summed E-state index contributed by atoms with van der Waals surface area (Å²) in [5.41, 5.74) is -0.00926. The Balaban J connectivity index is 2.32. The van der Waals surface area contributed by atoms with E-state index >= 15 is 0 Å². The molecular weight excluding hydrogens is 294 g/mol. The largest absolute Gasteiger partial charge is 0.478 e. The lowest BCUT2D eigenvalue weighted by Crippen LogP contribution is -2.21. The second-order valence-electron chi connectivity index (χ2n) is 4.95. The number of carbonyl (C=O) groups excluding carboxylic acids is 1. The van der Waals surface area contributed by atoms with Gasteiger partial charge in [0.25, 0.3) is 0 Å². The van der Waals surface area contributed by atoms with E-state index in [9.17, 15) is 18.0 Å². The van der Waals surface area contributed by atoms with Crippen LogP contribution in [0.3, 0.4) is 0 Å². The summed E-state index contributed by atoms with van der Waals surface area (Å²) in [6, 6.07) is 3.59. The molecule has 1 aromatic rings. The highest BCUT2D eigenvalue weighted by Gasteiger charge is 2.20. The average molecular weight is 309 g/mol. The topological polar surface area (TPSA) is 101 Å². The number of anilines is 1. The van der Waals surface area contributed by atoms with E-state index in [1.165, 1.54) is 12.1 Å². The predicted octanol–water partition coefficient (Wildman–Crippen LogP) is 1.69. The standard InChI is InChI=1S/C14H15NO5S/c1-21(19,20)12-7-10(14(17)18)6-11(8-12)15-13(16)9-4-2-3-5-9/h2-3,6-9H,4-5H2,1H3,(H,15,16)(H,17,18). The summed E-state index contributed by atoms with van der Waals surface area (Å²) >= 11 is 0. The molecule has 0 spiro atoms. The molecule has 1 aliphatic carbocycles. The van der Waals surface area contributed by atoms with Crippen LogP contribution in [-0.2, 0) is 14.6 Å². The minimum atomic E-state index is -3.56. The zero-order valence-corrected chi connectivity index (χ0v) is 12.2. The highest BCUT2D eigenvalue weighted by atomic mass is 32.2. The highest BCUT2D eigenvalue weighted by Crippen LogP contribution is 2.23. The third-order valence-electron chi connectivity index (χ3n) is 3.23. The number of amides is 1. The summed E-state index contributed by atoms with van der Waals surface area (Å²) in [5.74, 6) is -1.69. The smallest absolute Gasteiger partial charge is 0.335 e. The van der Waals surface area contributed by atoms with Gasteiger partial charge >= 0.3 is 5.97 Å². The molecule has 0 radical (unpaired) electrons. The summed E-state index contributed by atoms with van der Waals surface area (Å²) in [6.07, 6.45) is 6.05. The Hall–Kier alpha value is -2.15. The minimum Gasteiger partial charge on any atom is -0.478 e. The van der Waals surface area contributed by atoms with Crippen LogP contribution in [0.4, 0.5) is 5.69 Å². The molecule has 6 nitrogen and oxygen atoms in total. The molecule has 1 aliphatic rings. The van der Waals surface area contributed by atoms with E-state index in [1.54, 1.807) is 0 Å². The van der Waals surface area contributed by atoms with Crippen molar-refractivity contribution in [3.05, 3.63) is 35.9 Å². The molecular formula is C14H15NO5S. The van der Waals surface area contributed by atoms with Gasteiger partial charge in [0.05, 0.1) is 10.5 Å². The molecule has 0 aliphatic heterocycles. The van der Waals surface area contributed by atoms with Crippen molar-refractivity contribution in [3.63, 3.8) is 0 Å². The van der Waals surface area contributed by atoms with E-state index in [4.69, 9.17) is 5.11 Å². The first-order chi connectivity index (χ1) is 9.77. The number of sulfone groups is 1. The van der Waals surface area contributed by atoms with Crippen LogP contribution in [0.5, 0.6) is 0 Å². The van der Waals surface area contributed by atoms with Crippen LogP contribution in [-0.4, -0.2) is 31.7 Å². The number of rotatable bonds is 4. The molecule has 2 rings (SSSR count). The van der Waals surface area contributed by atoms with Crippen molar-refractivity contribution < 1.29 is 23.1 Å². The average Bonchev–Trinajstić information content (AvgIpc) is 2.91. The molecule has 0 atom stereocenters. The molecule has 0 unspecified atom stereocenters. The van der Waals surface area contributed by atoms with Gasteiger partial charge in [0, 0.05) is 17.9 Å². The zero-order chi connectivity index (χ0) is 15.6. The van der Waals surface area contributed by atoms with Crippen molar-refractivity contribution in [3.8, 4) is 0 Å². The molecule has 0 aromatic heterocycles. The van der Waals surface area contributed by atoms with E-state index in [1.807, 2.05) is 12.2 Å². The van der Waals surface area contributed by atoms with E-state index in [0.717, 1.165) is 12.3 Å². The Bertz CT molecular complexity index is 713. The Labute approximate surface area is 122 Å². The van der Waals surface area contributed by atoms with Gasteiger partial charge in [0.1, 0.15) is 0 Å². The lowest BCUT2D eigenvalue weighted by atomic mass is 10.1. The molecule has 1 aromatic carbocycles. The SMILES string of the molecule is CS(=O)(=O)c1cc(NC(=O)C2CC=CC2)cc(C(=O)O)c1. The van der Waals surface area contributed by atoms with Crippen LogP contribution in [0.2, 0.25) is 0 Å². The molecule has 1 amide bonds. The van der Waals surface area contributed by atoms with Crippen LogP contribution < -0.4 is 5.32 Å². The number of hydrogen-bond donors (Lipinski definition) is 2. The molecule has 0 heterocycles. The van der Waals surface area contributed by atoms with Crippen LogP contribution in [0, 0.1) is 5.92 Å². The molecule has 0 bridgehead atoms. The quantitative estimate of drug-likeness (QED) is 0.824. The lowest BCUT2D eigenvalue weighted by molar-refractivity contribution is -0.119. The van der Waals surface area contributed by atoms with Gasteiger partial charge in [-0.1, -0.05) is 12.2 Å². The molecule has 21 heavy (non-hydrogen) atoms. The van der Waals surface area contributed by atoms with Gasteiger partial charge < -0.3 is 10.4 Å². The number of carboxylic acids is 1. The predicted molar refractivity (Wildman–Crippen MR) is 77.0 cm³/mol. The maximum absolute atomic E-state index is 12.0. The number of allylic oxidation sites excluding steroid dienone is 2. The molecule has 0 fully saturated rings. The van der Waals surface area contributed by atoms with Crippen molar-refractivity contribution in [2.75, 3.05) is 11.6 Å². The van der Waals surface area contributed by atoms with Gasteiger partial charge in [-0.3, -0.25) is 4.79 Å². The van der Waals surface area contributed by atoms with Gasteiger partial charge in [-0.25, -0.2) is 13.2 Å². The third-order valence-corrected chi connectivity index (χ3v) is 4.32. The fraction of sp³-hybridized carbons (Fsp3) is 0.286. The summed E-state index contributed by atoms with van der Waals surface area (Å²) in [7, 11) is -3.56. The van der Waals surface area contributed by atoms with Crippen molar-refractivity contribution in [2.24, 2.45) is 5.92 Å². The van der Waals surface area contributed by atoms with Crippen molar-refractivity contribution in [1.29, 1.82) is 0 Å². The normalized spacial score (nSPS) is 15.1. The van der Waals surface area contributed by atoms with Crippen LogP contribution in [0.1, 0.15) is 23.2 Å². The van der Waals surface area contributed by atoms with Gasteiger partial charge in [0.2, 0.25) is 5.91 Å². The number of carboxylic acid groups (broad SMARTS) is 1. The van der Waals surface area contributed by atoms with Gasteiger partial charge in [-0.2, -0.15) is 0 Å². The number of benzene rings is 1. The number of nitrogens with one attached hydrogen (secondary N) is 1. The number of aromatic carboxylic acids is 1. The van der Waals surface area contributed by atoms with E-state index in [0.29, 0.717) is 12.8 Å². The Morgan fingerprint density at radius 3 is 2.33 bits per heavy atom. The Morgan fingerprint density at radius 1 is 1.19 bits per heavy atom. The number of hydrogen-bond acceptors (Lipinski definition) is 4.